The molecule has 1 aromatic carbocycles. The molecule has 156 valence electrons. The van der Waals surface area contributed by atoms with Crippen LogP contribution in [0.15, 0.2) is 63.6 Å². The van der Waals surface area contributed by atoms with Crippen LogP contribution in [0.25, 0.3) is 0 Å². The van der Waals surface area contributed by atoms with Crippen LogP contribution in [0.4, 0.5) is 5.69 Å². The number of likely N-dealkylation sites (N-methyl/N-ethyl adjacent to an activating group) is 1. The summed E-state index contributed by atoms with van der Waals surface area (Å²) in [6.07, 6.45) is 2.25. The summed E-state index contributed by atoms with van der Waals surface area (Å²) in [6.45, 7) is 0.161. The van der Waals surface area contributed by atoms with E-state index >= 15 is 0 Å². The summed E-state index contributed by atoms with van der Waals surface area (Å²) in [5.41, 5.74) is 1.74. The summed E-state index contributed by atoms with van der Waals surface area (Å²) < 4.78 is 16.3. The van der Waals surface area contributed by atoms with Crippen molar-refractivity contribution in [1.29, 1.82) is 0 Å². The fourth-order valence-corrected chi connectivity index (χ4v) is 4.18. The van der Waals surface area contributed by atoms with Gasteiger partial charge in [-0.25, -0.2) is 5.01 Å². The zero-order valence-corrected chi connectivity index (χ0v) is 17.9. The van der Waals surface area contributed by atoms with E-state index in [1.165, 1.54) is 0 Å². The van der Waals surface area contributed by atoms with Gasteiger partial charge in [0.1, 0.15) is 11.8 Å². The molecule has 8 heteroatoms. The molecule has 1 atom stereocenters. The summed E-state index contributed by atoms with van der Waals surface area (Å²) in [7, 11) is 5.04. The summed E-state index contributed by atoms with van der Waals surface area (Å²) in [4.78, 5) is 16.1. The quantitative estimate of drug-likeness (QED) is 0.568. The highest BCUT2D eigenvalue weighted by molar-refractivity contribution is 7.12. The van der Waals surface area contributed by atoms with Crippen molar-refractivity contribution in [2.24, 2.45) is 5.10 Å². The van der Waals surface area contributed by atoms with E-state index in [4.69, 9.17) is 13.9 Å². The molecule has 0 spiro atoms. The lowest BCUT2D eigenvalue weighted by atomic mass is 10.1. The molecule has 0 fully saturated rings. The molecule has 0 saturated carbocycles. The largest absolute Gasteiger partial charge is 0.493 e. The molecule has 1 aliphatic heterocycles. The van der Waals surface area contributed by atoms with E-state index in [1.807, 2.05) is 59.8 Å². The second kappa shape index (κ2) is 8.62. The van der Waals surface area contributed by atoms with Gasteiger partial charge in [-0.15, -0.1) is 11.3 Å². The second-order valence-corrected chi connectivity index (χ2v) is 7.84. The lowest BCUT2D eigenvalue weighted by Crippen LogP contribution is -2.36. The van der Waals surface area contributed by atoms with E-state index in [1.54, 1.807) is 36.8 Å². The van der Waals surface area contributed by atoms with Crippen LogP contribution in [0.2, 0.25) is 0 Å². The topological polar surface area (TPSA) is 67.5 Å². The molecule has 0 N–H and O–H groups in total. The van der Waals surface area contributed by atoms with Gasteiger partial charge >= 0.3 is 0 Å². The maximum Gasteiger partial charge on any atom is 0.262 e. The third-order valence-corrected chi connectivity index (χ3v) is 5.94. The second-order valence-electron chi connectivity index (χ2n) is 6.89. The van der Waals surface area contributed by atoms with Gasteiger partial charge in [0.25, 0.3) is 5.91 Å². The first-order chi connectivity index (χ1) is 14.6. The standard InChI is InChI=1S/C22H23N3O4S/c1-24(15-8-9-19(27-2)20(12-15)28-3)14-22(26)25-17(18-6-4-10-29-18)13-16(23-25)21-7-5-11-30-21/h4-12,17H,13-14H2,1-3H3/t17-/m0/s1. The third-order valence-electron chi connectivity index (χ3n) is 5.02. The molecule has 30 heavy (non-hydrogen) atoms. The van der Waals surface area contributed by atoms with Crippen LogP contribution in [0.1, 0.15) is 23.1 Å². The van der Waals surface area contributed by atoms with Crippen LogP contribution >= 0.6 is 11.3 Å². The Morgan fingerprint density at radius 3 is 2.73 bits per heavy atom. The minimum absolute atomic E-state index is 0.111. The van der Waals surface area contributed by atoms with Crippen LogP contribution in [-0.4, -0.2) is 44.4 Å². The first kappa shape index (κ1) is 20.0. The molecule has 3 heterocycles. The van der Waals surface area contributed by atoms with Crippen LogP contribution in [-0.2, 0) is 4.79 Å². The fraction of sp³-hybridized carbons (Fsp3) is 0.273. The molecule has 0 aliphatic carbocycles. The van der Waals surface area contributed by atoms with Crippen molar-refractivity contribution in [2.45, 2.75) is 12.5 Å². The van der Waals surface area contributed by atoms with Crippen molar-refractivity contribution in [1.82, 2.24) is 5.01 Å². The number of thiophene rings is 1. The lowest BCUT2D eigenvalue weighted by Gasteiger charge is -2.25. The summed E-state index contributed by atoms with van der Waals surface area (Å²) in [5, 5.41) is 8.21. The van der Waals surface area contributed by atoms with E-state index in [0.29, 0.717) is 17.9 Å². The van der Waals surface area contributed by atoms with Gasteiger partial charge in [-0.05, 0) is 35.7 Å². The molecule has 0 radical (unpaired) electrons. The molecule has 0 unspecified atom stereocenters. The molecule has 0 bridgehead atoms. The molecular formula is C22H23N3O4S. The monoisotopic (exact) mass is 425 g/mol. The van der Waals surface area contributed by atoms with Gasteiger partial charge in [0.15, 0.2) is 11.5 Å². The Hall–Kier alpha value is -3.26. The zero-order chi connectivity index (χ0) is 21.1. The van der Waals surface area contributed by atoms with E-state index in [-0.39, 0.29) is 18.5 Å². The first-order valence-corrected chi connectivity index (χ1v) is 10.4. The highest BCUT2D eigenvalue weighted by Crippen LogP contribution is 2.35. The molecule has 7 nitrogen and oxygen atoms in total. The summed E-state index contributed by atoms with van der Waals surface area (Å²) in [5.74, 6) is 1.87. The van der Waals surface area contributed by atoms with Crippen molar-refractivity contribution in [3.63, 3.8) is 0 Å². The Bertz CT molecular complexity index is 1030. The zero-order valence-electron chi connectivity index (χ0n) is 17.1. The highest BCUT2D eigenvalue weighted by atomic mass is 32.1. The smallest absolute Gasteiger partial charge is 0.262 e. The van der Waals surface area contributed by atoms with Crippen LogP contribution in [0, 0.1) is 0 Å². The molecule has 2 aromatic heterocycles. The molecule has 0 saturated heterocycles. The van der Waals surface area contributed by atoms with Crippen molar-refractivity contribution in [3.8, 4) is 11.5 Å². The normalized spacial score (nSPS) is 15.8. The number of methoxy groups -OCH3 is 2. The van der Waals surface area contributed by atoms with Gasteiger partial charge in [0.05, 0.1) is 37.6 Å². The minimum atomic E-state index is -0.247. The number of nitrogens with zero attached hydrogens (tertiary/aromatic N) is 3. The Kier molecular flexibility index (Phi) is 5.76. The van der Waals surface area contributed by atoms with Gasteiger partial charge < -0.3 is 18.8 Å². The van der Waals surface area contributed by atoms with Gasteiger partial charge in [-0.2, -0.15) is 5.10 Å². The average Bonchev–Trinajstić information content (AvgIpc) is 3.53. The number of carbonyl (C=O) groups excluding carboxylic acids is 1. The predicted molar refractivity (Wildman–Crippen MR) is 117 cm³/mol. The number of ether oxygens (including phenoxy) is 2. The van der Waals surface area contributed by atoms with Crippen LogP contribution in [0.5, 0.6) is 11.5 Å². The van der Waals surface area contributed by atoms with Gasteiger partial charge in [0.2, 0.25) is 0 Å². The Morgan fingerprint density at radius 1 is 1.23 bits per heavy atom. The van der Waals surface area contributed by atoms with Gasteiger partial charge in [-0.1, -0.05) is 6.07 Å². The van der Waals surface area contributed by atoms with Crippen LogP contribution in [0.3, 0.4) is 0 Å². The number of anilines is 1. The number of amides is 1. The van der Waals surface area contributed by atoms with E-state index in [0.717, 1.165) is 22.0 Å². The van der Waals surface area contributed by atoms with Crippen molar-refractivity contribution < 1.29 is 18.7 Å². The summed E-state index contributed by atoms with van der Waals surface area (Å²) >= 11 is 1.62. The highest BCUT2D eigenvalue weighted by Gasteiger charge is 2.35. The predicted octanol–water partition coefficient (Wildman–Crippen LogP) is 4.17. The Balaban J connectivity index is 1.55. The molecule has 4 rings (SSSR count). The maximum absolute atomic E-state index is 13.2. The third kappa shape index (κ3) is 3.91. The fourth-order valence-electron chi connectivity index (χ4n) is 3.46. The minimum Gasteiger partial charge on any atom is -0.493 e. The number of benzene rings is 1. The molecule has 1 amide bonds. The molecule has 3 aromatic rings. The van der Waals surface area contributed by atoms with Gasteiger partial charge in [-0.3, -0.25) is 4.79 Å². The Labute approximate surface area is 179 Å². The number of hydrazone groups is 1. The average molecular weight is 426 g/mol. The van der Waals surface area contributed by atoms with Crippen molar-refractivity contribution >= 4 is 28.6 Å². The number of hydrogen-bond donors (Lipinski definition) is 0. The van der Waals surface area contributed by atoms with E-state index in [9.17, 15) is 4.79 Å². The SMILES string of the molecule is COc1ccc(N(C)CC(=O)N2N=C(c3cccs3)C[C@H]2c2ccco2)cc1OC. The van der Waals surface area contributed by atoms with Gasteiger partial charge in [0, 0.05) is 25.2 Å². The van der Waals surface area contributed by atoms with Crippen LogP contribution < -0.4 is 14.4 Å². The first-order valence-electron chi connectivity index (χ1n) is 9.50. The lowest BCUT2D eigenvalue weighted by molar-refractivity contribution is -0.131. The number of rotatable bonds is 7. The Morgan fingerprint density at radius 2 is 2.07 bits per heavy atom. The number of carbonyl (C=O) groups is 1. The number of furan rings is 1. The van der Waals surface area contributed by atoms with E-state index < -0.39 is 0 Å². The molecule has 1 aliphatic rings. The maximum atomic E-state index is 13.2. The molecular weight excluding hydrogens is 402 g/mol. The summed E-state index contributed by atoms with van der Waals surface area (Å²) in [6, 6.07) is 13.0. The van der Waals surface area contributed by atoms with Crippen molar-refractivity contribution in [3.05, 3.63) is 64.7 Å². The van der Waals surface area contributed by atoms with Crippen molar-refractivity contribution in [2.75, 3.05) is 32.7 Å². The number of hydrogen-bond acceptors (Lipinski definition) is 7. The van der Waals surface area contributed by atoms with E-state index in [2.05, 4.69) is 5.10 Å².